The molecule has 0 spiro atoms. The van der Waals surface area contributed by atoms with E-state index in [1.54, 1.807) is 23.1 Å². The minimum absolute atomic E-state index is 0.0529. The molecule has 1 unspecified atom stereocenters. The number of carboxylic acids is 1. The average molecular weight is 357 g/mol. The first kappa shape index (κ1) is 18.1. The van der Waals surface area contributed by atoms with Crippen LogP contribution in [0.15, 0.2) is 24.3 Å². The van der Waals surface area contributed by atoms with Gasteiger partial charge < -0.3 is 14.7 Å². The predicted molar refractivity (Wildman–Crippen MR) is 95.1 cm³/mol. The van der Waals surface area contributed by atoms with Crippen molar-refractivity contribution in [3.63, 3.8) is 0 Å². The van der Waals surface area contributed by atoms with E-state index in [9.17, 15) is 14.7 Å². The molecule has 7 heteroatoms. The number of nitrogens with zero attached hydrogens (tertiary/aromatic N) is 3. The lowest BCUT2D eigenvalue weighted by Gasteiger charge is -2.36. The van der Waals surface area contributed by atoms with Crippen molar-refractivity contribution in [2.24, 2.45) is 7.05 Å². The molecule has 3 rings (SSSR count). The Bertz CT molecular complexity index is 843. The van der Waals surface area contributed by atoms with Gasteiger partial charge in [-0.1, -0.05) is 18.2 Å². The summed E-state index contributed by atoms with van der Waals surface area (Å²) in [4.78, 5) is 26.2. The van der Waals surface area contributed by atoms with E-state index in [0.717, 1.165) is 17.0 Å². The molecule has 7 nitrogen and oxygen atoms in total. The van der Waals surface area contributed by atoms with Crippen molar-refractivity contribution in [2.75, 3.05) is 19.8 Å². The Morgan fingerprint density at radius 2 is 2.04 bits per heavy atom. The summed E-state index contributed by atoms with van der Waals surface area (Å²) in [6.45, 7) is 5.28. The van der Waals surface area contributed by atoms with Crippen LogP contribution >= 0.6 is 0 Å². The molecule has 1 aromatic carbocycles. The van der Waals surface area contributed by atoms with Gasteiger partial charge in [0, 0.05) is 24.8 Å². The van der Waals surface area contributed by atoms with Crippen molar-refractivity contribution in [2.45, 2.75) is 26.3 Å². The van der Waals surface area contributed by atoms with Gasteiger partial charge in [0.2, 0.25) is 5.91 Å². The molecule has 1 aliphatic rings. The number of hydrogen-bond acceptors (Lipinski definition) is 4. The number of carboxylic acid groups (broad SMARTS) is 1. The van der Waals surface area contributed by atoms with Crippen molar-refractivity contribution in [1.82, 2.24) is 14.7 Å². The average Bonchev–Trinajstić information content (AvgIpc) is 2.87. The molecule has 0 bridgehead atoms. The standard InChI is InChI=1S/C19H23N3O4/c1-12-18(13(2)21(3)20-12)16-11-26-9-8-22(16)17(23)10-14-6-4-5-7-15(14)19(24)25/h4-7,16H,8-11H2,1-3H3,(H,24,25). The van der Waals surface area contributed by atoms with Crippen LogP contribution in [-0.2, 0) is 23.0 Å². The summed E-state index contributed by atoms with van der Waals surface area (Å²) in [6, 6.07) is 6.43. The number of aryl methyl sites for hydroxylation is 2. The normalized spacial score (nSPS) is 17.3. The predicted octanol–water partition coefficient (Wildman–Crippen LogP) is 1.88. The van der Waals surface area contributed by atoms with Crippen molar-refractivity contribution in [3.8, 4) is 0 Å². The van der Waals surface area contributed by atoms with Gasteiger partial charge in [-0.05, 0) is 25.5 Å². The molecule has 0 saturated carbocycles. The Balaban J connectivity index is 1.89. The summed E-state index contributed by atoms with van der Waals surface area (Å²) in [7, 11) is 1.88. The van der Waals surface area contributed by atoms with Gasteiger partial charge in [0.05, 0.1) is 36.9 Å². The molecular formula is C19H23N3O4. The third kappa shape index (κ3) is 3.35. The van der Waals surface area contributed by atoms with Crippen LogP contribution in [0.4, 0.5) is 0 Å². The zero-order valence-electron chi connectivity index (χ0n) is 15.2. The van der Waals surface area contributed by atoms with Crippen LogP contribution in [0.2, 0.25) is 0 Å². The Kier molecular flexibility index (Phi) is 5.08. The molecule has 1 aromatic heterocycles. The molecule has 2 heterocycles. The molecule has 138 valence electrons. The Labute approximate surface area is 152 Å². The zero-order chi connectivity index (χ0) is 18.8. The monoisotopic (exact) mass is 357 g/mol. The highest BCUT2D eigenvalue weighted by molar-refractivity contribution is 5.91. The second-order valence-corrected chi connectivity index (χ2v) is 6.53. The van der Waals surface area contributed by atoms with Crippen LogP contribution in [-0.4, -0.2) is 51.4 Å². The van der Waals surface area contributed by atoms with E-state index in [1.807, 2.05) is 25.6 Å². The third-order valence-electron chi connectivity index (χ3n) is 4.94. The lowest BCUT2D eigenvalue weighted by atomic mass is 10.00. The van der Waals surface area contributed by atoms with E-state index < -0.39 is 5.97 Å². The molecule has 1 N–H and O–H groups in total. The summed E-state index contributed by atoms with van der Waals surface area (Å²) in [5, 5.41) is 13.8. The van der Waals surface area contributed by atoms with Crippen LogP contribution in [0, 0.1) is 13.8 Å². The molecule has 1 aliphatic heterocycles. The topological polar surface area (TPSA) is 84.7 Å². The van der Waals surface area contributed by atoms with E-state index in [-0.39, 0.29) is 23.9 Å². The number of aromatic nitrogens is 2. The molecular weight excluding hydrogens is 334 g/mol. The summed E-state index contributed by atoms with van der Waals surface area (Å²) in [5.74, 6) is -1.12. The number of aromatic carboxylic acids is 1. The second kappa shape index (κ2) is 7.29. The Hall–Kier alpha value is -2.67. The van der Waals surface area contributed by atoms with Crippen molar-refractivity contribution >= 4 is 11.9 Å². The molecule has 1 saturated heterocycles. The van der Waals surface area contributed by atoms with E-state index in [4.69, 9.17) is 4.74 Å². The van der Waals surface area contributed by atoms with E-state index in [1.165, 1.54) is 6.07 Å². The van der Waals surface area contributed by atoms with Gasteiger partial charge in [-0.25, -0.2) is 4.79 Å². The number of benzene rings is 1. The molecule has 1 atom stereocenters. The van der Waals surface area contributed by atoms with Gasteiger partial charge in [-0.2, -0.15) is 5.10 Å². The minimum atomic E-state index is -1.02. The highest BCUT2D eigenvalue weighted by Crippen LogP contribution is 2.30. The first-order valence-electron chi connectivity index (χ1n) is 8.58. The van der Waals surface area contributed by atoms with Crippen LogP contribution < -0.4 is 0 Å². The number of rotatable bonds is 4. The van der Waals surface area contributed by atoms with Crippen LogP contribution in [0.1, 0.15) is 38.9 Å². The van der Waals surface area contributed by atoms with Gasteiger partial charge in [0.25, 0.3) is 0 Å². The Morgan fingerprint density at radius 1 is 1.31 bits per heavy atom. The smallest absolute Gasteiger partial charge is 0.335 e. The zero-order valence-corrected chi connectivity index (χ0v) is 15.2. The fourth-order valence-corrected chi connectivity index (χ4v) is 3.56. The van der Waals surface area contributed by atoms with Crippen molar-refractivity contribution < 1.29 is 19.4 Å². The van der Waals surface area contributed by atoms with Gasteiger partial charge in [-0.3, -0.25) is 9.48 Å². The minimum Gasteiger partial charge on any atom is -0.478 e. The Morgan fingerprint density at radius 3 is 2.69 bits per heavy atom. The van der Waals surface area contributed by atoms with Gasteiger partial charge in [0.1, 0.15) is 0 Å². The third-order valence-corrected chi connectivity index (χ3v) is 4.94. The molecule has 26 heavy (non-hydrogen) atoms. The van der Waals surface area contributed by atoms with Gasteiger partial charge >= 0.3 is 5.97 Å². The number of hydrogen-bond donors (Lipinski definition) is 1. The van der Waals surface area contributed by atoms with Crippen LogP contribution in [0.25, 0.3) is 0 Å². The lowest BCUT2D eigenvalue weighted by molar-refractivity contribution is -0.139. The maximum absolute atomic E-state index is 13.0. The fraction of sp³-hybridized carbons (Fsp3) is 0.421. The van der Waals surface area contributed by atoms with Crippen LogP contribution in [0.3, 0.4) is 0 Å². The number of morpholine rings is 1. The molecule has 2 aromatic rings. The summed E-state index contributed by atoms with van der Waals surface area (Å²) < 4.78 is 7.43. The number of amides is 1. The first-order chi connectivity index (χ1) is 12.4. The molecule has 0 radical (unpaired) electrons. The highest BCUT2D eigenvalue weighted by atomic mass is 16.5. The van der Waals surface area contributed by atoms with E-state index >= 15 is 0 Å². The largest absolute Gasteiger partial charge is 0.478 e. The van der Waals surface area contributed by atoms with E-state index in [0.29, 0.717) is 25.3 Å². The molecule has 1 amide bonds. The summed E-state index contributed by atoms with van der Waals surface area (Å²) in [5.41, 5.74) is 3.58. The van der Waals surface area contributed by atoms with E-state index in [2.05, 4.69) is 5.10 Å². The van der Waals surface area contributed by atoms with Crippen molar-refractivity contribution in [1.29, 1.82) is 0 Å². The maximum atomic E-state index is 13.0. The number of carbonyl (C=O) groups is 2. The number of carbonyl (C=O) groups excluding carboxylic acids is 1. The summed E-state index contributed by atoms with van der Waals surface area (Å²) >= 11 is 0. The fourth-order valence-electron chi connectivity index (χ4n) is 3.56. The van der Waals surface area contributed by atoms with Gasteiger partial charge in [-0.15, -0.1) is 0 Å². The maximum Gasteiger partial charge on any atom is 0.335 e. The number of ether oxygens (including phenoxy) is 1. The quantitative estimate of drug-likeness (QED) is 0.903. The highest BCUT2D eigenvalue weighted by Gasteiger charge is 2.32. The van der Waals surface area contributed by atoms with Crippen LogP contribution in [0.5, 0.6) is 0 Å². The first-order valence-corrected chi connectivity index (χ1v) is 8.58. The molecule has 0 aliphatic carbocycles. The SMILES string of the molecule is Cc1nn(C)c(C)c1C1COCCN1C(=O)Cc1ccccc1C(=O)O. The van der Waals surface area contributed by atoms with Gasteiger partial charge in [0.15, 0.2) is 0 Å². The lowest BCUT2D eigenvalue weighted by Crippen LogP contribution is -2.44. The summed E-state index contributed by atoms with van der Waals surface area (Å²) in [6.07, 6.45) is 0.0529. The molecule has 1 fully saturated rings. The second-order valence-electron chi connectivity index (χ2n) is 6.53. The van der Waals surface area contributed by atoms with Crippen molar-refractivity contribution in [3.05, 3.63) is 52.3 Å².